The number of rotatable bonds is 3. The van der Waals surface area contributed by atoms with Crippen LogP contribution in [0.5, 0.6) is 0 Å². The molecule has 0 heterocycles. The second-order valence-electron chi connectivity index (χ2n) is 6.25. The molecule has 0 aromatic heterocycles. The van der Waals surface area contributed by atoms with Gasteiger partial charge in [-0.3, -0.25) is 9.59 Å². The third kappa shape index (κ3) is 1.74. The van der Waals surface area contributed by atoms with E-state index in [4.69, 9.17) is 5.11 Å². The van der Waals surface area contributed by atoms with Gasteiger partial charge in [-0.15, -0.1) is 0 Å². The molecule has 4 rings (SSSR count). The highest BCUT2D eigenvalue weighted by Crippen LogP contribution is 2.55. The van der Waals surface area contributed by atoms with Crippen LogP contribution in [0.3, 0.4) is 0 Å². The van der Waals surface area contributed by atoms with Gasteiger partial charge in [0, 0.05) is 12.0 Å². The largest absolute Gasteiger partial charge is 0.481 e. The standard InChI is InChI=1S/C16H17NO3/c18-15(11-7-12(11)16(19)20)17-14-10-6-5-8-3-1-2-4-9(8)13(10)14/h1-4,10-14H,5-7H2,(H,17,18)(H,19,20). The lowest BCUT2D eigenvalue weighted by molar-refractivity contribution is -0.140. The first kappa shape index (κ1) is 11.9. The zero-order valence-electron chi connectivity index (χ0n) is 11.1. The van der Waals surface area contributed by atoms with E-state index in [1.54, 1.807) is 0 Å². The molecule has 0 aliphatic heterocycles. The summed E-state index contributed by atoms with van der Waals surface area (Å²) in [6.45, 7) is 0. The maximum absolute atomic E-state index is 12.1. The molecule has 20 heavy (non-hydrogen) atoms. The average molecular weight is 271 g/mol. The van der Waals surface area contributed by atoms with E-state index in [2.05, 4.69) is 29.6 Å². The Balaban J connectivity index is 1.44. The minimum absolute atomic E-state index is 0.0609. The molecule has 3 aliphatic carbocycles. The van der Waals surface area contributed by atoms with Crippen LogP contribution in [-0.2, 0) is 16.0 Å². The molecule has 5 unspecified atom stereocenters. The summed E-state index contributed by atoms with van der Waals surface area (Å²) in [5.74, 6) is -0.659. The fraction of sp³-hybridized carbons (Fsp3) is 0.500. The van der Waals surface area contributed by atoms with Gasteiger partial charge in [-0.05, 0) is 36.3 Å². The molecule has 1 amide bonds. The highest BCUT2D eigenvalue weighted by atomic mass is 16.4. The van der Waals surface area contributed by atoms with Crippen LogP contribution in [0.1, 0.15) is 29.9 Å². The van der Waals surface area contributed by atoms with E-state index in [9.17, 15) is 9.59 Å². The molecule has 2 fully saturated rings. The zero-order chi connectivity index (χ0) is 13.9. The van der Waals surface area contributed by atoms with Gasteiger partial charge in [0.05, 0.1) is 11.8 Å². The van der Waals surface area contributed by atoms with Crippen molar-refractivity contribution in [1.29, 1.82) is 0 Å². The first-order chi connectivity index (χ1) is 9.66. The second kappa shape index (κ2) is 4.08. The molecule has 4 nitrogen and oxygen atoms in total. The van der Waals surface area contributed by atoms with Gasteiger partial charge in [0.2, 0.25) is 5.91 Å². The minimum atomic E-state index is -0.844. The smallest absolute Gasteiger partial charge is 0.307 e. The van der Waals surface area contributed by atoms with Crippen molar-refractivity contribution in [1.82, 2.24) is 5.32 Å². The van der Waals surface area contributed by atoms with E-state index in [0.717, 1.165) is 12.8 Å². The van der Waals surface area contributed by atoms with Crippen LogP contribution < -0.4 is 5.32 Å². The predicted octanol–water partition coefficient (Wildman–Crippen LogP) is 1.55. The molecule has 2 saturated carbocycles. The Labute approximate surface area is 117 Å². The summed E-state index contributed by atoms with van der Waals surface area (Å²) < 4.78 is 0. The molecule has 0 saturated heterocycles. The minimum Gasteiger partial charge on any atom is -0.481 e. The van der Waals surface area contributed by atoms with E-state index < -0.39 is 11.9 Å². The molecular formula is C16H17NO3. The van der Waals surface area contributed by atoms with Crippen molar-refractivity contribution in [2.24, 2.45) is 17.8 Å². The number of hydrogen-bond acceptors (Lipinski definition) is 2. The molecule has 1 aromatic carbocycles. The number of hydrogen-bond donors (Lipinski definition) is 2. The van der Waals surface area contributed by atoms with Gasteiger partial charge in [0.1, 0.15) is 0 Å². The Kier molecular flexibility index (Phi) is 2.43. The first-order valence-electron chi connectivity index (χ1n) is 7.28. The normalized spacial score (nSPS) is 36.5. The van der Waals surface area contributed by atoms with Crippen molar-refractivity contribution in [3.63, 3.8) is 0 Å². The van der Waals surface area contributed by atoms with E-state index in [1.807, 2.05) is 0 Å². The van der Waals surface area contributed by atoms with Gasteiger partial charge in [0.25, 0.3) is 0 Å². The number of carbonyl (C=O) groups is 2. The van der Waals surface area contributed by atoms with Crippen LogP contribution in [-0.4, -0.2) is 23.0 Å². The summed E-state index contributed by atoms with van der Waals surface area (Å²) in [6.07, 6.45) is 2.71. The van der Waals surface area contributed by atoms with Crippen molar-refractivity contribution in [2.75, 3.05) is 0 Å². The topological polar surface area (TPSA) is 66.4 Å². The third-order valence-electron chi connectivity index (χ3n) is 5.08. The maximum atomic E-state index is 12.1. The van der Waals surface area contributed by atoms with Crippen molar-refractivity contribution < 1.29 is 14.7 Å². The van der Waals surface area contributed by atoms with Crippen LogP contribution in [0.25, 0.3) is 0 Å². The predicted molar refractivity (Wildman–Crippen MR) is 72.2 cm³/mol. The highest BCUT2D eigenvalue weighted by molar-refractivity contribution is 5.89. The fourth-order valence-electron chi connectivity index (χ4n) is 3.79. The fourth-order valence-corrected chi connectivity index (χ4v) is 3.79. The Morgan fingerprint density at radius 1 is 1.20 bits per heavy atom. The van der Waals surface area contributed by atoms with Crippen LogP contribution in [0.4, 0.5) is 0 Å². The number of carboxylic acids is 1. The van der Waals surface area contributed by atoms with Crippen molar-refractivity contribution in [3.05, 3.63) is 35.4 Å². The third-order valence-corrected chi connectivity index (χ3v) is 5.08. The molecule has 104 valence electrons. The summed E-state index contributed by atoms with van der Waals surface area (Å²) in [6, 6.07) is 8.68. The lowest BCUT2D eigenvalue weighted by Gasteiger charge is -2.13. The molecule has 0 spiro atoms. The number of amides is 1. The summed E-state index contributed by atoms with van der Waals surface area (Å²) in [7, 11) is 0. The number of carbonyl (C=O) groups excluding carboxylic acids is 1. The zero-order valence-corrected chi connectivity index (χ0v) is 11.1. The summed E-state index contributed by atoms with van der Waals surface area (Å²) in [5.41, 5.74) is 2.78. The van der Waals surface area contributed by atoms with Crippen LogP contribution in [0, 0.1) is 17.8 Å². The summed E-state index contributed by atoms with van der Waals surface area (Å²) in [4.78, 5) is 22.9. The quantitative estimate of drug-likeness (QED) is 0.876. The lowest BCUT2D eigenvalue weighted by atomic mass is 9.92. The molecule has 5 atom stereocenters. The van der Waals surface area contributed by atoms with E-state index >= 15 is 0 Å². The maximum Gasteiger partial charge on any atom is 0.307 e. The van der Waals surface area contributed by atoms with Gasteiger partial charge < -0.3 is 10.4 Å². The average Bonchev–Trinajstić information content (AvgIpc) is 3.32. The molecule has 3 aliphatic rings. The molecule has 2 N–H and O–H groups in total. The van der Waals surface area contributed by atoms with Crippen molar-refractivity contribution in [3.8, 4) is 0 Å². The Morgan fingerprint density at radius 2 is 2.00 bits per heavy atom. The van der Waals surface area contributed by atoms with E-state index in [-0.39, 0.29) is 17.9 Å². The van der Waals surface area contributed by atoms with Gasteiger partial charge in [0.15, 0.2) is 0 Å². The van der Waals surface area contributed by atoms with Crippen molar-refractivity contribution >= 4 is 11.9 Å². The number of nitrogens with one attached hydrogen (secondary N) is 1. The number of aryl methyl sites for hydroxylation is 1. The molecule has 4 heteroatoms. The summed E-state index contributed by atoms with van der Waals surface area (Å²) in [5, 5.41) is 12.0. The van der Waals surface area contributed by atoms with E-state index in [0.29, 0.717) is 18.3 Å². The lowest BCUT2D eigenvalue weighted by Crippen LogP contribution is -2.30. The van der Waals surface area contributed by atoms with Crippen LogP contribution >= 0.6 is 0 Å². The summed E-state index contributed by atoms with van der Waals surface area (Å²) >= 11 is 0. The van der Waals surface area contributed by atoms with Crippen LogP contribution in [0.2, 0.25) is 0 Å². The van der Waals surface area contributed by atoms with Crippen LogP contribution in [0.15, 0.2) is 24.3 Å². The van der Waals surface area contributed by atoms with Gasteiger partial charge in [-0.25, -0.2) is 0 Å². The SMILES string of the molecule is O=C(O)C1CC1C(=O)NC1C2CCc3ccccc3C21. The second-order valence-corrected chi connectivity index (χ2v) is 6.25. The van der Waals surface area contributed by atoms with Crippen molar-refractivity contribution in [2.45, 2.75) is 31.2 Å². The monoisotopic (exact) mass is 271 g/mol. The van der Waals surface area contributed by atoms with Gasteiger partial charge >= 0.3 is 5.97 Å². The first-order valence-corrected chi connectivity index (χ1v) is 7.28. The van der Waals surface area contributed by atoms with Gasteiger partial charge in [-0.2, -0.15) is 0 Å². The Morgan fingerprint density at radius 3 is 2.75 bits per heavy atom. The molecule has 0 radical (unpaired) electrons. The number of fused-ring (bicyclic) bond motifs is 3. The highest BCUT2D eigenvalue weighted by Gasteiger charge is 2.56. The molecule has 1 aromatic rings. The van der Waals surface area contributed by atoms with Gasteiger partial charge in [-0.1, -0.05) is 24.3 Å². The number of aliphatic carboxylic acids is 1. The number of benzene rings is 1. The molecular weight excluding hydrogens is 254 g/mol. The van der Waals surface area contributed by atoms with E-state index in [1.165, 1.54) is 11.1 Å². The Hall–Kier alpha value is -1.84. The number of carboxylic acid groups (broad SMARTS) is 1. The Bertz CT molecular complexity index is 597. The molecule has 0 bridgehead atoms.